The summed E-state index contributed by atoms with van der Waals surface area (Å²) in [5.41, 5.74) is 1.04. The van der Waals surface area contributed by atoms with Crippen LogP contribution in [0.5, 0.6) is 0 Å². The molecule has 0 bridgehead atoms. The van der Waals surface area contributed by atoms with Crippen molar-refractivity contribution in [1.29, 1.82) is 0 Å². The van der Waals surface area contributed by atoms with Gasteiger partial charge in [-0.15, -0.1) is 0 Å². The number of carbonyl (C=O) groups is 1. The van der Waals surface area contributed by atoms with Crippen LogP contribution in [0, 0.1) is 5.41 Å². The van der Waals surface area contributed by atoms with Gasteiger partial charge >= 0.3 is 0 Å². The van der Waals surface area contributed by atoms with Crippen LogP contribution in [0.3, 0.4) is 0 Å². The molecule has 0 spiro atoms. The molecular formula is C16H23NO3. The molecule has 1 aromatic rings. The Hall–Kier alpha value is -1.39. The van der Waals surface area contributed by atoms with Crippen molar-refractivity contribution in [2.24, 2.45) is 5.41 Å². The summed E-state index contributed by atoms with van der Waals surface area (Å²) in [6.45, 7) is 1.26. The van der Waals surface area contributed by atoms with Gasteiger partial charge in [-0.3, -0.25) is 4.79 Å². The summed E-state index contributed by atoms with van der Waals surface area (Å²) in [6, 6.07) is 9.55. The average Bonchev–Trinajstić information content (AvgIpc) is 2.42. The quantitative estimate of drug-likeness (QED) is 0.794. The van der Waals surface area contributed by atoms with E-state index in [0.29, 0.717) is 19.6 Å². The lowest BCUT2D eigenvalue weighted by Gasteiger charge is -2.41. The van der Waals surface area contributed by atoms with Gasteiger partial charge in [-0.2, -0.15) is 0 Å². The minimum Gasteiger partial charge on any atom is -0.384 e. The first-order chi connectivity index (χ1) is 9.65. The van der Waals surface area contributed by atoms with Crippen LogP contribution in [0.1, 0.15) is 24.8 Å². The molecule has 1 amide bonds. The van der Waals surface area contributed by atoms with Crippen molar-refractivity contribution < 1.29 is 14.6 Å². The fourth-order valence-electron chi connectivity index (χ4n) is 2.68. The van der Waals surface area contributed by atoms with Crippen molar-refractivity contribution in [3.63, 3.8) is 0 Å². The standard InChI is InChI=1S/C16H23NO3/c1-20-12-16(8-5-9-16)11-17-15(19)14(18)10-13-6-3-2-4-7-13/h2-4,6-7,14,18H,5,8-12H2,1H3,(H,17,19)/t14-/m0/s1. The van der Waals surface area contributed by atoms with E-state index >= 15 is 0 Å². The van der Waals surface area contributed by atoms with Crippen molar-refractivity contribution in [2.45, 2.75) is 31.8 Å². The van der Waals surface area contributed by atoms with E-state index < -0.39 is 6.10 Å². The Labute approximate surface area is 120 Å². The Morgan fingerprint density at radius 3 is 2.65 bits per heavy atom. The van der Waals surface area contributed by atoms with E-state index in [9.17, 15) is 9.90 Å². The molecule has 0 aliphatic heterocycles. The number of methoxy groups -OCH3 is 1. The highest BCUT2D eigenvalue weighted by Gasteiger charge is 2.37. The van der Waals surface area contributed by atoms with Gasteiger partial charge in [0.1, 0.15) is 6.10 Å². The van der Waals surface area contributed by atoms with E-state index in [-0.39, 0.29) is 11.3 Å². The van der Waals surface area contributed by atoms with Crippen molar-refractivity contribution in [2.75, 3.05) is 20.3 Å². The molecule has 2 N–H and O–H groups in total. The smallest absolute Gasteiger partial charge is 0.249 e. The first kappa shape index (κ1) is 15.0. The summed E-state index contributed by atoms with van der Waals surface area (Å²) >= 11 is 0. The Bertz CT molecular complexity index is 429. The van der Waals surface area contributed by atoms with E-state index in [1.807, 2.05) is 30.3 Å². The molecule has 4 heteroatoms. The van der Waals surface area contributed by atoms with E-state index in [4.69, 9.17) is 4.74 Å². The van der Waals surface area contributed by atoms with Gasteiger partial charge in [-0.25, -0.2) is 0 Å². The monoisotopic (exact) mass is 277 g/mol. The number of aliphatic hydroxyl groups is 1. The van der Waals surface area contributed by atoms with Gasteiger partial charge in [0.25, 0.3) is 0 Å². The van der Waals surface area contributed by atoms with Gasteiger partial charge in [-0.1, -0.05) is 36.8 Å². The normalized spacial score (nSPS) is 18.1. The maximum Gasteiger partial charge on any atom is 0.249 e. The second-order valence-electron chi connectivity index (χ2n) is 5.71. The number of aliphatic hydroxyl groups excluding tert-OH is 1. The number of benzene rings is 1. The lowest BCUT2D eigenvalue weighted by molar-refractivity contribution is -0.130. The van der Waals surface area contributed by atoms with Gasteiger partial charge in [0.2, 0.25) is 5.91 Å². The fraction of sp³-hybridized carbons (Fsp3) is 0.562. The molecular weight excluding hydrogens is 254 g/mol. The minimum absolute atomic E-state index is 0.0802. The van der Waals surface area contributed by atoms with Crippen LogP contribution in [0.25, 0.3) is 0 Å². The molecule has 4 nitrogen and oxygen atoms in total. The summed E-state index contributed by atoms with van der Waals surface area (Å²) in [5, 5.41) is 12.8. The molecule has 1 fully saturated rings. The van der Waals surface area contributed by atoms with Crippen LogP contribution in [0.15, 0.2) is 30.3 Å². The van der Waals surface area contributed by atoms with Crippen LogP contribution in [0.2, 0.25) is 0 Å². The molecule has 2 rings (SSSR count). The number of ether oxygens (including phenoxy) is 1. The van der Waals surface area contributed by atoms with E-state index in [1.165, 1.54) is 6.42 Å². The number of nitrogens with one attached hydrogen (secondary N) is 1. The van der Waals surface area contributed by atoms with Crippen LogP contribution in [-0.4, -0.2) is 37.4 Å². The Morgan fingerprint density at radius 1 is 1.40 bits per heavy atom. The van der Waals surface area contributed by atoms with Crippen molar-refractivity contribution in [1.82, 2.24) is 5.32 Å². The van der Waals surface area contributed by atoms with Crippen LogP contribution in [-0.2, 0) is 16.0 Å². The van der Waals surface area contributed by atoms with Gasteiger partial charge < -0.3 is 15.2 Å². The SMILES string of the molecule is COCC1(CNC(=O)[C@@H](O)Cc2ccccc2)CCC1. The molecule has 1 aliphatic rings. The number of amides is 1. The predicted molar refractivity (Wildman–Crippen MR) is 77.3 cm³/mol. The van der Waals surface area contributed by atoms with Gasteiger partial charge in [0.15, 0.2) is 0 Å². The molecule has 0 aromatic heterocycles. The lowest BCUT2D eigenvalue weighted by atomic mass is 9.69. The third-order valence-electron chi connectivity index (χ3n) is 4.08. The predicted octanol–water partition coefficient (Wildman–Crippen LogP) is 1.52. The van der Waals surface area contributed by atoms with Crippen molar-refractivity contribution in [3.8, 4) is 0 Å². The zero-order valence-electron chi connectivity index (χ0n) is 12.0. The lowest BCUT2D eigenvalue weighted by Crippen LogP contribution is -2.47. The molecule has 0 radical (unpaired) electrons. The third-order valence-corrected chi connectivity index (χ3v) is 4.08. The Balaban J connectivity index is 1.79. The molecule has 0 unspecified atom stereocenters. The van der Waals surface area contributed by atoms with E-state index in [1.54, 1.807) is 7.11 Å². The minimum atomic E-state index is -0.989. The zero-order chi connectivity index (χ0) is 14.4. The number of hydrogen-bond donors (Lipinski definition) is 2. The maximum atomic E-state index is 11.9. The maximum absolute atomic E-state index is 11.9. The largest absolute Gasteiger partial charge is 0.384 e. The summed E-state index contributed by atoms with van der Waals surface area (Å²) in [4.78, 5) is 11.9. The number of carbonyl (C=O) groups excluding carboxylic acids is 1. The topological polar surface area (TPSA) is 58.6 Å². The fourth-order valence-corrected chi connectivity index (χ4v) is 2.68. The molecule has 1 atom stereocenters. The Kier molecular flexibility index (Phi) is 5.15. The summed E-state index contributed by atoms with van der Waals surface area (Å²) < 4.78 is 5.22. The molecule has 1 aromatic carbocycles. The zero-order valence-corrected chi connectivity index (χ0v) is 12.0. The molecule has 1 aliphatic carbocycles. The molecule has 20 heavy (non-hydrogen) atoms. The molecule has 0 heterocycles. The summed E-state index contributed by atoms with van der Waals surface area (Å²) in [7, 11) is 1.69. The van der Waals surface area contributed by atoms with Gasteiger partial charge in [0, 0.05) is 25.5 Å². The van der Waals surface area contributed by atoms with Crippen LogP contribution in [0.4, 0.5) is 0 Å². The van der Waals surface area contributed by atoms with Crippen LogP contribution >= 0.6 is 0 Å². The van der Waals surface area contributed by atoms with E-state index in [2.05, 4.69) is 5.32 Å². The van der Waals surface area contributed by atoms with Gasteiger partial charge in [-0.05, 0) is 18.4 Å². The van der Waals surface area contributed by atoms with Gasteiger partial charge in [0.05, 0.1) is 6.61 Å². The van der Waals surface area contributed by atoms with Crippen molar-refractivity contribution in [3.05, 3.63) is 35.9 Å². The summed E-state index contributed by atoms with van der Waals surface area (Å²) in [6.07, 6.45) is 2.71. The second-order valence-corrected chi connectivity index (χ2v) is 5.71. The molecule has 1 saturated carbocycles. The number of rotatable bonds is 7. The highest BCUT2D eigenvalue weighted by molar-refractivity contribution is 5.80. The second kappa shape index (κ2) is 6.86. The van der Waals surface area contributed by atoms with E-state index in [0.717, 1.165) is 18.4 Å². The number of hydrogen-bond acceptors (Lipinski definition) is 3. The first-order valence-electron chi connectivity index (χ1n) is 7.14. The first-order valence-corrected chi connectivity index (χ1v) is 7.14. The Morgan fingerprint density at radius 2 is 2.10 bits per heavy atom. The average molecular weight is 277 g/mol. The highest BCUT2D eigenvalue weighted by atomic mass is 16.5. The van der Waals surface area contributed by atoms with Crippen molar-refractivity contribution >= 4 is 5.91 Å². The third kappa shape index (κ3) is 3.81. The summed E-state index contributed by atoms with van der Waals surface area (Å²) in [5.74, 6) is -0.295. The highest BCUT2D eigenvalue weighted by Crippen LogP contribution is 2.40. The molecule has 110 valence electrons. The van der Waals surface area contributed by atoms with Crippen LogP contribution < -0.4 is 5.32 Å². The molecule has 0 saturated heterocycles.